The van der Waals surface area contributed by atoms with Gasteiger partial charge >= 0.3 is 6.61 Å². The molecular formula is C21H27F2IN6O3. The fourth-order valence-electron chi connectivity index (χ4n) is 2.74. The van der Waals surface area contributed by atoms with Crippen LogP contribution in [-0.4, -0.2) is 40.9 Å². The number of rotatable bonds is 11. The summed E-state index contributed by atoms with van der Waals surface area (Å²) in [6.07, 6.45) is 2.36. The average Bonchev–Trinajstić information content (AvgIpc) is 3.46. The van der Waals surface area contributed by atoms with Crippen LogP contribution in [0.3, 0.4) is 0 Å². The van der Waals surface area contributed by atoms with Crippen LogP contribution >= 0.6 is 24.0 Å². The molecule has 0 aliphatic rings. The van der Waals surface area contributed by atoms with Crippen molar-refractivity contribution in [2.75, 3.05) is 13.2 Å². The Morgan fingerprint density at radius 1 is 1.24 bits per heavy atom. The molecule has 9 nitrogen and oxygen atoms in total. The molecule has 1 aromatic carbocycles. The number of ether oxygens (including phenoxy) is 2. The van der Waals surface area contributed by atoms with Crippen LogP contribution in [0.4, 0.5) is 8.78 Å². The van der Waals surface area contributed by atoms with Crippen LogP contribution in [0.2, 0.25) is 0 Å². The summed E-state index contributed by atoms with van der Waals surface area (Å²) in [5.74, 6) is 2.59. The molecule has 0 aliphatic carbocycles. The van der Waals surface area contributed by atoms with Gasteiger partial charge in [0.1, 0.15) is 17.3 Å². The Morgan fingerprint density at radius 2 is 2.09 bits per heavy atom. The molecule has 0 radical (unpaired) electrons. The van der Waals surface area contributed by atoms with Crippen LogP contribution in [0, 0.1) is 0 Å². The number of benzene rings is 1. The third kappa shape index (κ3) is 8.18. The summed E-state index contributed by atoms with van der Waals surface area (Å²) in [5.41, 5.74) is 0.506. The molecule has 3 rings (SSSR count). The fourth-order valence-corrected chi connectivity index (χ4v) is 2.74. The molecule has 0 aliphatic heterocycles. The van der Waals surface area contributed by atoms with E-state index in [1.807, 2.05) is 13.8 Å². The van der Waals surface area contributed by atoms with E-state index in [0.717, 1.165) is 6.42 Å². The minimum atomic E-state index is -2.94. The molecule has 3 N–H and O–H groups in total. The van der Waals surface area contributed by atoms with Crippen molar-refractivity contribution in [1.82, 2.24) is 25.8 Å². The number of aromatic nitrogens is 3. The van der Waals surface area contributed by atoms with E-state index in [1.165, 1.54) is 6.07 Å². The summed E-state index contributed by atoms with van der Waals surface area (Å²) in [6, 6.07) is 8.36. The molecule has 33 heavy (non-hydrogen) atoms. The maximum atomic E-state index is 12.9. The Kier molecular flexibility index (Phi) is 10.9. The lowest BCUT2D eigenvalue weighted by Gasteiger charge is -2.13. The van der Waals surface area contributed by atoms with Crippen LogP contribution in [0.25, 0.3) is 11.6 Å². The van der Waals surface area contributed by atoms with Gasteiger partial charge in [0, 0.05) is 18.2 Å². The van der Waals surface area contributed by atoms with Crippen LogP contribution < -0.4 is 20.1 Å². The average molecular weight is 576 g/mol. The third-order valence-electron chi connectivity index (χ3n) is 4.18. The van der Waals surface area contributed by atoms with Crippen LogP contribution in [0.1, 0.15) is 31.7 Å². The van der Waals surface area contributed by atoms with Gasteiger partial charge in [0.25, 0.3) is 0 Å². The van der Waals surface area contributed by atoms with Gasteiger partial charge in [-0.25, -0.2) is 9.98 Å². The topological polar surface area (TPSA) is 110 Å². The zero-order chi connectivity index (χ0) is 22.8. The summed E-state index contributed by atoms with van der Waals surface area (Å²) in [7, 11) is 0. The Balaban J connectivity index is 0.00000385. The van der Waals surface area contributed by atoms with Gasteiger partial charge in [-0.1, -0.05) is 6.92 Å². The summed E-state index contributed by atoms with van der Waals surface area (Å²) in [6.45, 7) is 2.49. The smallest absolute Gasteiger partial charge is 0.387 e. The molecule has 0 saturated carbocycles. The second kappa shape index (κ2) is 13.6. The molecule has 0 spiro atoms. The van der Waals surface area contributed by atoms with E-state index in [1.54, 1.807) is 30.5 Å². The number of alkyl halides is 2. The quantitative estimate of drug-likeness (QED) is 0.177. The monoisotopic (exact) mass is 576 g/mol. The second-order valence-electron chi connectivity index (χ2n) is 6.63. The lowest BCUT2D eigenvalue weighted by Crippen LogP contribution is -2.37. The molecule has 0 bridgehead atoms. The van der Waals surface area contributed by atoms with Crippen molar-refractivity contribution in [3.05, 3.63) is 48.0 Å². The van der Waals surface area contributed by atoms with E-state index in [0.29, 0.717) is 54.4 Å². The summed E-state index contributed by atoms with van der Waals surface area (Å²) in [4.78, 5) is 8.82. The molecule has 180 valence electrons. The van der Waals surface area contributed by atoms with E-state index in [4.69, 9.17) is 9.15 Å². The standard InChI is InChI=1S/C21H26F2N6O3.HI/c1-3-9-30-15-8-7-14(17(11-15)32-20(22)23)12-25-21(24-4-2)26-13-18-27-19(29-28-18)16-6-5-10-31-16;/h5-8,10-11,20H,3-4,9,12-13H2,1-2H3,(H2,24,25,26)(H,27,28,29);1H. The van der Waals surface area contributed by atoms with E-state index in [9.17, 15) is 8.78 Å². The summed E-state index contributed by atoms with van der Waals surface area (Å²) >= 11 is 0. The van der Waals surface area contributed by atoms with Gasteiger partial charge in [-0.2, -0.15) is 8.78 Å². The molecule has 12 heteroatoms. The molecule has 2 aromatic heterocycles. The number of hydrogen-bond acceptors (Lipinski definition) is 6. The van der Waals surface area contributed by atoms with Gasteiger partial charge in [-0.15, -0.1) is 29.1 Å². The highest BCUT2D eigenvalue weighted by atomic mass is 127. The second-order valence-corrected chi connectivity index (χ2v) is 6.63. The number of aliphatic imine (C=N–C) groups is 1. The van der Waals surface area contributed by atoms with E-state index in [2.05, 4.69) is 35.5 Å². The Bertz CT molecular complexity index is 998. The van der Waals surface area contributed by atoms with E-state index < -0.39 is 6.61 Å². The number of aromatic amines is 1. The highest BCUT2D eigenvalue weighted by Gasteiger charge is 2.12. The predicted molar refractivity (Wildman–Crippen MR) is 130 cm³/mol. The molecule has 0 atom stereocenters. The molecule has 0 fully saturated rings. The minimum Gasteiger partial charge on any atom is -0.493 e. The van der Waals surface area contributed by atoms with Crippen LogP contribution in [-0.2, 0) is 13.1 Å². The molecule has 0 amide bonds. The molecule has 3 aromatic rings. The van der Waals surface area contributed by atoms with Crippen LogP contribution in [0.5, 0.6) is 11.5 Å². The van der Waals surface area contributed by atoms with Gasteiger partial charge in [-0.05, 0) is 37.6 Å². The molecule has 0 unspecified atom stereocenters. The summed E-state index contributed by atoms with van der Waals surface area (Å²) < 4.78 is 41.2. The number of nitrogens with one attached hydrogen (secondary N) is 3. The van der Waals surface area contributed by atoms with Crippen molar-refractivity contribution in [1.29, 1.82) is 0 Å². The Labute approximate surface area is 207 Å². The van der Waals surface area contributed by atoms with E-state index >= 15 is 0 Å². The van der Waals surface area contributed by atoms with Gasteiger partial charge < -0.3 is 24.5 Å². The van der Waals surface area contributed by atoms with Gasteiger partial charge in [0.05, 0.1) is 26.0 Å². The first-order valence-corrected chi connectivity index (χ1v) is 10.3. The zero-order valence-electron chi connectivity index (χ0n) is 18.3. The fraction of sp³-hybridized carbons (Fsp3) is 0.381. The zero-order valence-corrected chi connectivity index (χ0v) is 20.6. The lowest BCUT2D eigenvalue weighted by molar-refractivity contribution is -0.0505. The first-order valence-electron chi connectivity index (χ1n) is 10.3. The maximum absolute atomic E-state index is 12.9. The first-order chi connectivity index (χ1) is 15.6. The number of guanidine groups is 1. The highest BCUT2D eigenvalue weighted by molar-refractivity contribution is 14.0. The van der Waals surface area contributed by atoms with Crippen molar-refractivity contribution in [3.8, 4) is 23.1 Å². The molecular weight excluding hydrogens is 549 g/mol. The SMILES string of the molecule is CCCOc1ccc(CN=C(NCC)NCc2nc(-c3ccco3)n[nH]2)c(OC(F)F)c1.I. The van der Waals surface area contributed by atoms with Crippen molar-refractivity contribution in [2.24, 2.45) is 4.99 Å². The van der Waals surface area contributed by atoms with Crippen LogP contribution in [0.15, 0.2) is 46.0 Å². The molecule has 2 heterocycles. The number of H-pyrrole nitrogens is 1. The summed E-state index contributed by atoms with van der Waals surface area (Å²) in [5, 5.41) is 13.2. The largest absolute Gasteiger partial charge is 0.493 e. The molecule has 0 saturated heterocycles. The van der Waals surface area contributed by atoms with Gasteiger partial charge in [0.2, 0.25) is 5.82 Å². The number of hydrogen-bond donors (Lipinski definition) is 3. The van der Waals surface area contributed by atoms with Crippen molar-refractivity contribution >= 4 is 29.9 Å². The first kappa shape index (κ1) is 26.4. The van der Waals surface area contributed by atoms with Crippen molar-refractivity contribution in [3.63, 3.8) is 0 Å². The highest BCUT2D eigenvalue weighted by Crippen LogP contribution is 2.27. The Morgan fingerprint density at radius 3 is 2.79 bits per heavy atom. The number of halogens is 3. The van der Waals surface area contributed by atoms with E-state index in [-0.39, 0.29) is 36.3 Å². The van der Waals surface area contributed by atoms with Crippen molar-refractivity contribution in [2.45, 2.75) is 40.0 Å². The Hall–Kier alpha value is -2.90. The maximum Gasteiger partial charge on any atom is 0.387 e. The number of nitrogens with zero attached hydrogens (tertiary/aromatic N) is 3. The van der Waals surface area contributed by atoms with Crippen molar-refractivity contribution < 1.29 is 22.7 Å². The van der Waals surface area contributed by atoms with Gasteiger partial charge in [0.15, 0.2) is 11.7 Å². The minimum absolute atomic E-state index is 0. The lowest BCUT2D eigenvalue weighted by atomic mass is 10.2. The van der Waals surface area contributed by atoms with Gasteiger partial charge in [-0.3, -0.25) is 5.10 Å². The predicted octanol–water partition coefficient (Wildman–Crippen LogP) is 4.33. The number of furan rings is 1. The third-order valence-corrected chi connectivity index (χ3v) is 4.18. The normalized spacial score (nSPS) is 11.2.